The first-order valence-corrected chi connectivity index (χ1v) is 10.1. The second-order valence-corrected chi connectivity index (χ2v) is 8.02. The molecular weight excluding hydrogens is 445 g/mol. The first kappa shape index (κ1) is 21.3. The number of benzene rings is 2. The number of ether oxygens (including phenoxy) is 1. The number of rotatable bonds is 6. The van der Waals surface area contributed by atoms with E-state index in [1.165, 1.54) is 0 Å². The smallest absolute Gasteiger partial charge is 0.146 e. The molecule has 0 bridgehead atoms. The first-order chi connectivity index (χ1) is 11.8. The minimum absolute atomic E-state index is 0.313. The van der Waals surface area contributed by atoms with Crippen molar-refractivity contribution in [1.29, 1.82) is 0 Å². The van der Waals surface area contributed by atoms with Gasteiger partial charge in [-0.3, -0.25) is 0 Å². The Balaban J connectivity index is 2.48. The fourth-order valence-electron chi connectivity index (χ4n) is 2.36. The van der Waals surface area contributed by atoms with Gasteiger partial charge in [-0.2, -0.15) is 0 Å². The third-order valence-electron chi connectivity index (χ3n) is 3.75. The Labute approximate surface area is 178 Å². The average Bonchev–Trinajstić information content (AvgIpc) is 2.59. The summed E-state index contributed by atoms with van der Waals surface area (Å²) >= 11 is 38.0. The Bertz CT molecular complexity index is 698. The van der Waals surface area contributed by atoms with E-state index in [1.54, 1.807) is 24.3 Å². The molecule has 2 rings (SSSR count). The van der Waals surface area contributed by atoms with Crippen molar-refractivity contribution in [3.05, 3.63) is 55.5 Å². The van der Waals surface area contributed by atoms with E-state index < -0.39 is 0 Å². The zero-order valence-electron chi connectivity index (χ0n) is 13.6. The highest BCUT2D eigenvalue weighted by atomic mass is 35.5. The maximum Gasteiger partial charge on any atom is 0.146 e. The van der Waals surface area contributed by atoms with Gasteiger partial charge in [-0.15, -0.1) is 23.2 Å². The van der Waals surface area contributed by atoms with Gasteiger partial charge in [0.15, 0.2) is 0 Å². The lowest BCUT2D eigenvalue weighted by atomic mass is 10.1. The van der Waals surface area contributed by atoms with Gasteiger partial charge in [-0.05, 0) is 37.1 Å². The molecule has 0 aliphatic carbocycles. The van der Waals surface area contributed by atoms with Crippen molar-refractivity contribution in [2.24, 2.45) is 0 Å². The molecule has 2 aromatic carbocycles. The van der Waals surface area contributed by atoms with Crippen LogP contribution in [-0.2, 0) is 0 Å². The van der Waals surface area contributed by atoms with Crippen LogP contribution in [-0.4, -0.2) is 0 Å². The van der Waals surface area contributed by atoms with Gasteiger partial charge in [0.2, 0.25) is 0 Å². The molecule has 0 heterocycles. The average molecular weight is 461 g/mol. The zero-order chi connectivity index (χ0) is 18.7. The van der Waals surface area contributed by atoms with E-state index in [0.717, 1.165) is 0 Å². The number of hydrogen-bond donors (Lipinski definition) is 0. The molecule has 0 spiro atoms. The minimum Gasteiger partial charge on any atom is -0.454 e. The Morgan fingerprint density at radius 3 is 1.40 bits per heavy atom. The summed E-state index contributed by atoms with van der Waals surface area (Å²) in [5.74, 6) is 0.830. The number of halogens is 6. The molecule has 136 valence electrons. The molecule has 25 heavy (non-hydrogen) atoms. The summed E-state index contributed by atoms with van der Waals surface area (Å²) in [6.45, 7) is 3.90. The minimum atomic E-state index is -0.313. The van der Waals surface area contributed by atoms with Crippen LogP contribution in [0.4, 0.5) is 0 Å². The lowest BCUT2D eigenvalue weighted by Crippen LogP contribution is -1.97. The first-order valence-electron chi connectivity index (χ1n) is 7.73. The van der Waals surface area contributed by atoms with Crippen LogP contribution < -0.4 is 4.74 Å². The molecule has 0 saturated carbocycles. The summed E-state index contributed by atoms with van der Waals surface area (Å²) in [7, 11) is 0. The number of hydrogen-bond acceptors (Lipinski definition) is 1. The van der Waals surface area contributed by atoms with Crippen LogP contribution in [0.2, 0.25) is 20.1 Å². The molecule has 0 saturated heterocycles. The van der Waals surface area contributed by atoms with E-state index in [-0.39, 0.29) is 10.8 Å². The molecule has 0 aliphatic heterocycles. The highest BCUT2D eigenvalue weighted by Crippen LogP contribution is 2.46. The summed E-state index contributed by atoms with van der Waals surface area (Å²) in [5.41, 5.74) is 1.28. The predicted octanol–water partition coefficient (Wildman–Crippen LogP) is 9.47. The highest BCUT2D eigenvalue weighted by molar-refractivity contribution is 6.39. The standard InChI is InChI=1S/C18H16Cl6O/c1-3-9(19)15-11(21)5-7-13(17(15)23)25-14-8-6-12(22)16(18(14)24)10(20)4-2/h5-10H,3-4H2,1-2H3. The SMILES string of the molecule is CCC(Cl)c1c(Cl)ccc(Oc2ccc(Cl)c(C(Cl)CC)c2Cl)c1Cl. The van der Waals surface area contributed by atoms with E-state index >= 15 is 0 Å². The molecular formula is C18H16Cl6O. The van der Waals surface area contributed by atoms with Gasteiger partial charge in [0, 0.05) is 21.2 Å². The van der Waals surface area contributed by atoms with Crippen LogP contribution in [0.3, 0.4) is 0 Å². The molecule has 0 N–H and O–H groups in total. The fourth-order valence-corrected chi connectivity index (χ4v) is 4.38. The molecule has 0 amide bonds. The van der Waals surface area contributed by atoms with Crippen molar-refractivity contribution in [3.8, 4) is 11.5 Å². The highest BCUT2D eigenvalue weighted by Gasteiger charge is 2.21. The molecule has 2 atom stereocenters. The normalized spacial score (nSPS) is 13.6. The summed E-state index contributed by atoms with van der Waals surface area (Å²) in [6, 6.07) is 6.75. The van der Waals surface area contributed by atoms with E-state index in [2.05, 4.69) is 0 Å². The van der Waals surface area contributed by atoms with Gasteiger partial charge in [0.25, 0.3) is 0 Å². The lowest BCUT2D eigenvalue weighted by Gasteiger charge is -2.18. The van der Waals surface area contributed by atoms with Crippen molar-refractivity contribution >= 4 is 69.6 Å². The molecule has 0 aliphatic rings. The Hall–Kier alpha value is -0.0200. The van der Waals surface area contributed by atoms with Crippen molar-refractivity contribution in [3.63, 3.8) is 0 Å². The summed E-state index contributed by atoms with van der Waals surface area (Å²) in [5, 5.41) is 1.08. The molecule has 2 unspecified atom stereocenters. The van der Waals surface area contributed by atoms with Gasteiger partial charge in [0.05, 0.1) is 20.8 Å². The van der Waals surface area contributed by atoms with Crippen LogP contribution >= 0.6 is 69.6 Å². The van der Waals surface area contributed by atoms with E-state index in [4.69, 9.17) is 74.3 Å². The van der Waals surface area contributed by atoms with Crippen LogP contribution in [0, 0.1) is 0 Å². The van der Waals surface area contributed by atoms with Gasteiger partial charge in [-0.1, -0.05) is 60.3 Å². The van der Waals surface area contributed by atoms with Gasteiger partial charge >= 0.3 is 0 Å². The van der Waals surface area contributed by atoms with Crippen molar-refractivity contribution in [2.75, 3.05) is 0 Å². The Morgan fingerprint density at radius 2 is 1.08 bits per heavy atom. The Kier molecular flexibility index (Phi) is 7.88. The maximum absolute atomic E-state index is 6.46. The second-order valence-electron chi connectivity index (χ2n) is 5.40. The second kappa shape index (κ2) is 9.26. The van der Waals surface area contributed by atoms with Crippen LogP contribution in [0.5, 0.6) is 11.5 Å². The van der Waals surface area contributed by atoms with Gasteiger partial charge in [0.1, 0.15) is 11.5 Å². The number of alkyl halides is 2. The van der Waals surface area contributed by atoms with Crippen molar-refractivity contribution < 1.29 is 4.74 Å². The van der Waals surface area contributed by atoms with Crippen LogP contribution in [0.15, 0.2) is 24.3 Å². The quantitative estimate of drug-likeness (QED) is 0.390. The molecule has 7 heteroatoms. The topological polar surface area (TPSA) is 9.23 Å². The van der Waals surface area contributed by atoms with Crippen molar-refractivity contribution in [1.82, 2.24) is 0 Å². The largest absolute Gasteiger partial charge is 0.454 e. The molecule has 0 fully saturated rings. The Morgan fingerprint density at radius 1 is 0.720 bits per heavy atom. The summed E-state index contributed by atoms with van der Waals surface area (Å²) in [6.07, 6.45) is 1.36. The van der Waals surface area contributed by atoms with E-state index in [0.29, 0.717) is 55.6 Å². The summed E-state index contributed by atoms with van der Waals surface area (Å²) in [4.78, 5) is 0. The monoisotopic (exact) mass is 458 g/mol. The third-order valence-corrected chi connectivity index (χ3v) is 6.24. The molecule has 2 aromatic rings. The van der Waals surface area contributed by atoms with E-state index in [1.807, 2.05) is 13.8 Å². The third kappa shape index (κ3) is 4.64. The lowest BCUT2D eigenvalue weighted by molar-refractivity contribution is 0.481. The predicted molar refractivity (Wildman–Crippen MR) is 111 cm³/mol. The van der Waals surface area contributed by atoms with Crippen molar-refractivity contribution in [2.45, 2.75) is 37.4 Å². The molecule has 0 aromatic heterocycles. The maximum atomic E-state index is 6.46. The van der Waals surface area contributed by atoms with Gasteiger partial charge < -0.3 is 4.74 Å². The van der Waals surface area contributed by atoms with Crippen LogP contribution in [0.1, 0.15) is 48.6 Å². The summed E-state index contributed by atoms with van der Waals surface area (Å²) < 4.78 is 5.92. The fraction of sp³-hybridized carbons (Fsp3) is 0.333. The van der Waals surface area contributed by atoms with Gasteiger partial charge in [-0.25, -0.2) is 0 Å². The zero-order valence-corrected chi connectivity index (χ0v) is 18.1. The molecule has 1 nitrogen and oxygen atoms in total. The van der Waals surface area contributed by atoms with E-state index in [9.17, 15) is 0 Å². The molecule has 0 radical (unpaired) electrons. The van der Waals surface area contributed by atoms with Crippen LogP contribution in [0.25, 0.3) is 0 Å².